The lowest BCUT2D eigenvalue weighted by Crippen LogP contribution is -2.06. The van der Waals surface area contributed by atoms with Gasteiger partial charge >= 0.3 is 13.8 Å². The zero-order chi connectivity index (χ0) is 13.8. The van der Waals surface area contributed by atoms with E-state index in [-0.39, 0.29) is 11.3 Å². The minimum Gasteiger partial charge on any atom is -0.465 e. The molecule has 0 radical (unpaired) electrons. The number of carbonyl (C=O) groups excluding carboxylic acids is 1. The first-order valence-corrected chi connectivity index (χ1v) is 6.21. The third-order valence-corrected chi connectivity index (χ3v) is 3.32. The van der Waals surface area contributed by atoms with Crippen molar-refractivity contribution >= 4 is 13.8 Å². The Balaban J connectivity index is 3.16. The second-order valence-corrected chi connectivity index (χ2v) is 4.84. The number of rotatable bonds is 5. The smallest absolute Gasteiger partial charge is 0.465 e. The predicted octanol–water partition coefficient (Wildman–Crippen LogP) is 2.39. The second kappa shape index (κ2) is 5.95. The standard InChI is InChI=1S/C10H12FO6P/c1-14-10(12)8-6-7(11)4-5-9(8)17-18(13,15-2)16-3/h4-6H,1-3H3. The van der Waals surface area contributed by atoms with Crippen molar-refractivity contribution in [2.75, 3.05) is 21.3 Å². The van der Waals surface area contributed by atoms with E-state index in [9.17, 15) is 13.8 Å². The molecule has 0 heterocycles. The van der Waals surface area contributed by atoms with Gasteiger partial charge in [0.25, 0.3) is 0 Å². The fraction of sp³-hybridized carbons (Fsp3) is 0.300. The van der Waals surface area contributed by atoms with Crippen LogP contribution in [0.5, 0.6) is 5.75 Å². The van der Waals surface area contributed by atoms with Crippen LogP contribution in [0, 0.1) is 5.82 Å². The number of phosphoric ester groups is 1. The molecule has 18 heavy (non-hydrogen) atoms. The van der Waals surface area contributed by atoms with Crippen molar-refractivity contribution in [3.8, 4) is 5.75 Å². The molecule has 0 unspecified atom stereocenters. The van der Waals surface area contributed by atoms with E-state index in [4.69, 9.17) is 4.52 Å². The molecule has 0 aliphatic heterocycles. The van der Waals surface area contributed by atoms with Crippen molar-refractivity contribution < 1.29 is 32.1 Å². The highest BCUT2D eigenvalue weighted by Gasteiger charge is 2.27. The van der Waals surface area contributed by atoms with E-state index in [1.165, 1.54) is 0 Å². The molecule has 1 rings (SSSR count). The molecule has 1 aromatic carbocycles. The highest BCUT2D eigenvalue weighted by atomic mass is 31.2. The van der Waals surface area contributed by atoms with Crippen molar-refractivity contribution in [1.82, 2.24) is 0 Å². The molecular weight excluding hydrogens is 266 g/mol. The molecular formula is C10H12FO6P. The molecule has 0 atom stereocenters. The summed E-state index contributed by atoms with van der Waals surface area (Å²) in [5.74, 6) is -1.65. The van der Waals surface area contributed by atoms with Gasteiger partial charge in [-0.15, -0.1) is 0 Å². The van der Waals surface area contributed by atoms with Gasteiger partial charge in [0.2, 0.25) is 0 Å². The Hall–Kier alpha value is -1.43. The number of benzene rings is 1. The first-order chi connectivity index (χ1) is 8.45. The van der Waals surface area contributed by atoms with Gasteiger partial charge in [-0.05, 0) is 18.2 Å². The van der Waals surface area contributed by atoms with Gasteiger partial charge in [-0.2, -0.15) is 0 Å². The van der Waals surface area contributed by atoms with Gasteiger partial charge < -0.3 is 9.26 Å². The molecule has 6 nitrogen and oxygen atoms in total. The van der Waals surface area contributed by atoms with Gasteiger partial charge in [-0.3, -0.25) is 9.05 Å². The van der Waals surface area contributed by atoms with Crippen LogP contribution in [0.2, 0.25) is 0 Å². The minimum atomic E-state index is -3.83. The molecule has 0 saturated heterocycles. The lowest BCUT2D eigenvalue weighted by atomic mass is 10.2. The van der Waals surface area contributed by atoms with Crippen molar-refractivity contribution in [2.24, 2.45) is 0 Å². The van der Waals surface area contributed by atoms with E-state index >= 15 is 0 Å². The van der Waals surface area contributed by atoms with E-state index < -0.39 is 19.6 Å². The summed E-state index contributed by atoms with van der Waals surface area (Å²) in [6, 6.07) is 3.07. The molecule has 1 aromatic rings. The molecule has 0 bridgehead atoms. The average molecular weight is 278 g/mol. The summed E-state index contributed by atoms with van der Waals surface area (Å²) >= 11 is 0. The van der Waals surface area contributed by atoms with Crippen LogP contribution in [0.1, 0.15) is 10.4 Å². The monoisotopic (exact) mass is 278 g/mol. The van der Waals surface area contributed by atoms with Gasteiger partial charge in [0.15, 0.2) is 0 Å². The Bertz CT molecular complexity index is 481. The number of carbonyl (C=O) groups is 1. The summed E-state index contributed by atoms with van der Waals surface area (Å²) in [6.07, 6.45) is 0. The molecule has 0 aliphatic carbocycles. The fourth-order valence-corrected chi connectivity index (χ4v) is 1.82. The summed E-state index contributed by atoms with van der Waals surface area (Å²) in [4.78, 5) is 11.4. The lowest BCUT2D eigenvalue weighted by Gasteiger charge is -2.16. The van der Waals surface area contributed by atoms with Crippen LogP contribution >= 0.6 is 7.82 Å². The first kappa shape index (κ1) is 14.6. The predicted molar refractivity (Wildman–Crippen MR) is 60.0 cm³/mol. The summed E-state index contributed by atoms with van der Waals surface area (Å²) in [5, 5.41) is 0. The number of ether oxygens (including phenoxy) is 1. The Morgan fingerprint density at radius 2 is 1.83 bits per heavy atom. The Kier molecular flexibility index (Phi) is 4.84. The van der Waals surface area contributed by atoms with Crippen molar-refractivity contribution in [3.05, 3.63) is 29.6 Å². The summed E-state index contributed by atoms with van der Waals surface area (Å²) in [7, 11) is -0.464. The molecule has 100 valence electrons. The largest absolute Gasteiger partial charge is 0.529 e. The fourth-order valence-electron chi connectivity index (χ4n) is 1.12. The lowest BCUT2D eigenvalue weighted by molar-refractivity contribution is 0.0597. The quantitative estimate of drug-likeness (QED) is 0.608. The van der Waals surface area contributed by atoms with Crippen LogP contribution in [0.3, 0.4) is 0 Å². The molecule has 0 aliphatic rings. The van der Waals surface area contributed by atoms with E-state index in [2.05, 4.69) is 13.8 Å². The van der Waals surface area contributed by atoms with E-state index in [0.717, 1.165) is 39.5 Å². The van der Waals surface area contributed by atoms with Crippen LogP contribution in [-0.2, 0) is 18.3 Å². The van der Waals surface area contributed by atoms with E-state index in [1.54, 1.807) is 0 Å². The Labute approximate surface area is 103 Å². The average Bonchev–Trinajstić information content (AvgIpc) is 2.39. The number of hydrogen-bond acceptors (Lipinski definition) is 6. The SMILES string of the molecule is COC(=O)c1cc(F)ccc1OP(=O)(OC)OC. The number of halogens is 1. The Morgan fingerprint density at radius 1 is 1.22 bits per heavy atom. The summed E-state index contributed by atoms with van der Waals surface area (Å²) in [6.45, 7) is 0. The molecule has 0 amide bonds. The normalized spacial score (nSPS) is 11.1. The third kappa shape index (κ3) is 3.29. The van der Waals surface area contributed by atoms with Gasteiger partial charge in [0.1, 0.15) is 17.1 Å². The maximum Gasteiger partial charge on any atom is 0.529 e. The number of esters is 1. The highest BCUT2D eigenvalue weighted by molar-refractivity contribution is 7.48. The molecule has 0 N–H and O–H groups in total. The topological polar surface area (TPSA) is 71.1 Å². The first-order valence-electron chi connectivity index (χ1n) is 4.74. The van der Waals surface area contributed by atoms with Crippen molar-refractivity contribution in [3.63, 3.8) is 0 Å². The summed E-state index contributed by atoms with van der Waals surface area (Å²) in [5.41, 5.74) is -0.216. The van der Waals surface area contributed by atoms with Gasteiger partial charge in [0, 0.05) is 14.2 Å². The van der Waals surface area contributed by atoms with Crippen LogP contribution in [0.15, 0.2) is 18.2 Å². The molecule has 0 aromatic heterocycles. The van der Waals surface area contributed by atoms with E-state index in [0.29, 0.717) is 0 Å². The van der Waals surface area contributed by atoms with Crippen LogP contribution in [0.4, 0.5) is 4.39 Å². The number of phosphoric acid groups is 1. The van der Waals surface area contributed by atoms with Gasteiger partial charge in [-0.25, -0.2) is 13.8 Å². The van der Waals surface area contributed by atoms with Gasteiger partial charge in [0.05, 0.1) is 7.11 Å². The van der Waals surface area contributed by atoms with E-state index in [1.807, 2.05) is 0 Å². The maximum absolute atomic E-state index is 13.0. The molecule has 0 fully saturated rings. The zero-order valence-electron chi connectivity index (χ0n) is 10.0. The van der Waals surface area contributed by atoms with Crippen LogP contribution < -0.4 is 4.52 Å². The Morgan fingerprint density at radius 3 is 2.33 bits per heavy atom. The second-order valence-electron chi connectivity index (χ2n) is 3.04. The third-order valence-electron chi connectivity index (χ3n) is 2.00. The van der Waals surface area contributed by atoms with Crippen molar-refractivity contribution in [2.45, 2.75) is 0 Å². The van der Waals surface area contributed by atoms with Gasteiger partial charge in [-0.1, -0.05) is 0 Å². The number of methoxy groups -OCH3 is 1. The summed E-state index contributed by atoms with van der Waals surface area (Å²) < 4.78 is 43.3. The van der Waals surface area contributed by atoms with Crippen molar-refractivity contribution in [1.29, 1.82) is 0 Å². The number of hydrogen-bond donors (Lipinski definition) is 0. The molecule has 0 spiro atoms. The minimum absolute atomic E-state index is 0.157. The molecule has 8 heteroatoms. The maximum atomic E-state index is 13.0. The molecule has 0 saturated carbocycles. The highest BCUT2D eigenvalue weighted by Crippen LogP contribution is 2.48. The van der Waals surface area contributed by atoms with Crippen LogP contribution in [0.25, 0.3) is 0 Å². The van der Waals surface area contributed by atoms with Crippen LogP contribution in [-0.4, -0.2) is 27.3 Å². The zero-order valence-corrected chi connectivity index (χ0v) is 10.9.